The Bertz CT molecular complexity index is 756. The van der Waals surface area contributed by atoms with Crippen LogP contribution < -0.4 is 9.80 Å². The van der Waals surface area contributed by atoms with Gasteiger partial charge >= 0.3 is 5.97 Å². The van der Waals surface area contributed by atoms with E-state index in [1.165, 1.54) is 0 Å². The maximum atomic E-state index is 10.9. The molecule has 2 aromatic rings. The van der Waals surface area contributed by atoms with Crippen LogP contribution in [0.1, 0.15) is 26.7 Å². The van der Waals surface area contributed by atoms with Gasteiger partial charge in [-0.2, -0.15) is 15.0 Å². The number of nitrogens with zero attached hydrogens (tertiary/aromatic N) is 5. The first-order valence-corrected chi connectivity index (χ1v) is 9.11. The molecule has 0 fully saturated rings. The summed E-state index contributed by atoms with van der Waals surface area (Å²) in [6, 6.07) is 7.22. The van der Waals surface area contributed by atoms with E-state index in [1.54, 1.807) is 17.0 Å². The van der Waals surface area contributed by atoms with Gasteiger partial charge in [-0.1, -0.05) is 17.7 Å². The molecule has 0 amide bonds. The van der Waals surface area contributed by atoms with E-state index in [2.05, 4.69) is 15.0 Å². The van der Waals surface area contributed by atoms with E-state index >= 15 is 0 Å². The van der Waals surface area contributed by atoms with Crippen LogP contribution in [0.5, 0.6) is 0 Å². The quantitative estimate of drug-likeness (QED) is 0.683. The molecule has 1 heterocycles. The predicted molar refractivity (Wildman–Crippen MR) is 104 cm³/mol. The number of rotatable bonds is 9. The van der Waals surface area contributed by atoms with Crippen molar-refractivity contribution in [3.8, 4) is 0 Å². The van der Waals surface area contributed by atoms with Crippen LogP contribution in [0.4, 0.5) is 17.6 Å². The van der Waals surface area contributed by atoms with Crippen LogP contribution in [0.15, 0.2) is 24.3 Å². The molecule has 0 radical (unpaired) electrons. The highest BCUT2D eigenvalue weighted by Gasteiger charge is 2.18. The lowest BCUT2D eigenvalue weighted by molar-refractivity contribution is -0.137. The van der Waals surface area contributed by atoms with Gasteiger partial charge < -0.3 is 14.9 Å². The molecule has 0 aliphatic carbocycles. The monoisotopic (exact) mass is 397 g/mol. The van der Waals surface area contributed by atoms with Crippen LogP contribution in [0.3, 0.4) is 0 Å². The van der Waals surface area contributed by atoms with Gasteiger partial charge in [0.25, 0.3) is 0 Å². The SMILES string of the molecule is CCN(CC)c1nc(Cl)nc(N(CCCC(=O)O)c2cccc(Cl)c2)n1. The Morgan fingerprint density at radius 1 is 1.12 bits per heavy atom. The number of carboxylic acid groups (broad SMARTS) is 1. The normalized spacial score (nSPS) is 10.6. The smallest absolute Gasteiger partial charge is 0.303 e. The van der Waals surface area contributed by atoms with Gasteiger partial charge in [0.2, 0.25) is 17.2 Å². The Kier molecular flexibility index (Phi) is 7.41. The molecule has 2 rings (SSSR count). The highest BCUT2D eigenvalue weighted by molar-refractivity contribution is 6.30. The Balaban J connectivity index is 2.42. The summed E-state index contributed by atoms with van der Waals surface area (Å²) in [5.74, 6) is -0.0108. The number of halogens is 2. The second-order valence-corrected chi connectivity index (χ2v) is 6.28. The standard InChI is InChI=1S/C17H21Cl2N5O2/c1-3-23(4-2)16-20-15(19)21-17(22-16)24(10-6-9-14(25)26)13-8-5-7-12(18)11-13/h5,7-8,11H,3-4,6,9-10H2,1-2H3,(H,25,26). The molecule has 1 aromatic carbocycles. The lowest BCUT2D eigenvalue weighted by atomic mass is 10.2. The highest BCUT2D eigenvalue weighted by atomic mass is 35.5. The molecule has 0 aliphatic rings. The summed E-state index contributed by atoms with van der Waals surface area (Å²) < 4.78 is 0. The number of aromatic nitrogens is 3. The maximum absolute atomic E-state index is 10.9. The van der Waals surface area contributed by atoms with Crippen molar-refractivity contribution in [1.29, 1.82) is 0 Å². The minimum Gasteiger partial charge on any atom is -0.481 e. The first-order valence-electron chi connectivity index (χ1n) is 8.36. The molecular weight excluding hydrogens is 377 g/mol. The van der Waals surface area contributed by atoms with Gasteiger partial charge in [-0.15, -0.1) is 0 Å². The van der Waals surface area contributed by atoms with E-state index in [4.69, 9.17) is 28.3 Å². The van der Waals surface area contributed by atoms with Crippen molar-refractivity contribution in [2.24, 2.45) is 0 Å². The van der Waals surface area contributed by atoms with Gasteiger partial charge in [0.15, 0.2) is 0 Å². The predicted octanol–water partition coefficient (Wildman–Crippen LogP) is 4.03. The second kappa shape index (κ2) is 9.54. The average molecular weight is 398 g/mol. The summed E-state index contributed by atoms with van der Waals surface area (Å²) in [5.41, 5.74) is 0.760. The Labute approximate surface area is 162 Å². The molecule has 0 unspecified atom stereocenters. The third-order valence-corrected chi connectivity index (χ3v) is 4.17. The van der Waals surface area contributed by atoms with Gasteiger partial charge in [0, 0.05) is 36.8 Å². The van der Waals surface area contributed by atoms with E-state index in [0.29, 0.717) is 29.9 Å². The van der Waals surface area contributed by atoms with Crippen LogP contribution in [0.25, 0.3) is 0 Å². The number of hydrogen-bond acceptors (Lipinski definition) is 6. The average Bonchev–Trinajstić information content (AvgIpc) is 2.59. The molecule has 0 saturated heterocycles. The molecule has 0 aliphatic heterocycles. The molecule has 26 heavy (non-hydrogen) atoms. The van der Waals surface area contributed by atoms with Gasteiger partial charge in [-0.05, 0) is 50.1 Å². The largest absolute Gasteiger partial charge is 0.481 e. The first-order chi connectivity index (χ1) is 12.4. The zero-order valence-corrected chi connectivity index (χ0v) is 16.2. The number of hydrogen-bond donors (Lipinski definition) is 1. The zero-order chi connectivity index (χ0) is 19.1. The van der Waals surface area contributed by atoms with Crippen molar-refractivity contribution in [2.45, 2.75) is 26.7 Å². The molecule has 0 spiro atoms. The van der Waals surface area contributed by atoms with Crippen molar-refractivity contribution in [3.05, 3.63) is 34.6 Å². The van der Waals surface area contributed by atoms with Gasteiger partial charge in [-0.3, -0.25) is 4.79 Å². The van der Waals surface area contributed by atoms with Gasteiger partial charge in [0.1, 0.15) is 0 Å². The number of aliphatic carboxylic acids is 1. The van der Waals surface area contributed by atoms with E-state index in [-0.39, 0.29) is 11.7 Å². The summed E-state index contributed by atoms with van der Waals surface area (Å²) in [5, 5.41) is 9.58. The third kappa shape index (κ3) is 5.44. The zero-order valence-electron chi connectivity index (χ0n) is 14.7. The fourth-order valence-electron chi connectivity index (χ4n) is 2.48. The Morgan fingerprint density at radius 2 is 1.81 bits per heavy atom. The number of carboxylic acids is 1. The summed E-state index contributed by atoms with van der Waals surface area (Å²) in [6.07, 6.45) is 0.463. The van der Waals surface area contributed by atoms with E-state index < -0.39 is 5.97 Å². The molecule has 1 aromatic heterocycles. The van der Waals surface area contributed by atoms with Crippen LogP contribution in [0.2, 0.25) is 10.3 Å². The molecule has 140 valence electrons. The summed E-state index contributed by atoms with van der Waals surface area (Å²) in [7, 11) is 0. The lowest BCUT2D eigenvalue weighted by Crippen LogP contribution is -2.27. The van der Waals surface area contributed by atoms with Gasteiger partial charge in [-0.25, -0.2) is 0 Å². The molecular formula is C17H21Cl2N5O2. The van der Waals surface area contributed by atoms with Crippen molar-refractivity contribution < 1.29 is 9.90 Å². The summed E-state index contributed by atoms with van der Waals surface area (Å²) in [4.78, 5) is 27.6. The Hall–Kier alpha value is -2.12. The summed E-state index contributed by atoms with van der Waals surface area (Å²) in [6.45, 7) is 5.87. The van der Waals surface area contributed by atoms with Crippen LogP contribution in [-0.4, -0.2) is 45.7 Å². The third-order valence-electron chi connectivity index (χ3n) is 3.76. The van der Waals surface area contributed by atoms with E-state index in [0.717, 1.165) is 18.8 Å². The fourth-order valence-corrected chi connectivity index (χ4v) is 2.81. The van der Waals surface area contributed by atoms with Gasteiger partial charge in [0.05, 0.1) is 0 Å². The van der Waals surface area contributed by atoms with Crippen LogP contribution in [0, 0.1) is 0 Å². The maximum Gasteiger partial charge on any atom is 0.303 e. The fraction of sp³-hybridized carbons (Fsp3) is 0.412. The number of carbonyl (C=O) groups is 1. The van der Waals surface area contributed by atoms with Crippen molar-refractivity contribution in [3.63, 3.8) is 0 Å². The number of anilines is 3. The molecule has 0 atom stereocenters. The minimum absolute atomic E-state index is 0.0405. The van der Waals surface area contributed by atoms with Crippen molar-refractivity contribution in [1.82, 2.24) is 15.0 Å². The first kappa shape index (κ1) is 20.2. The number of benzene rings is 1. The molecule has 9 heteroatoms. The molecule has 0 saturated carbocycles. The van der Waals surface area contributed by atoms with E-state index in [9.17, 15) is 4.79 Å². The topological polar surface area (TPSA) is 82.5 Å². The second-order valence-electron chi connectivity index (χ2n) is 5.51. The van der Waals surface area contributed by atoms with Crippen molar-refractivity contribution >= 4 is 46.8 Å². The highest BCUT2D eigenvalue weighted by Crippen LogP contribution is 2.27. The van der Waals surface area contributed by atoms with Crippen LogP contribution in [-0.2, 0) is 4.79 Å². The van der Waals surface area contributed by atoms with E-state index in [1.807, 2.05) is 30.9 Å². The molecule has 7 nitrogen and oxygen atoms in total. The Morgan fingerprint density at radius 3 is 2.42 bits per heavy atom. The molecule has 0 bridgehead atoms. The van der Waals surface area contributed by atoms with Crippen LogP contribution >= 0.6 is 23.2 Å². The van der Waals surface area contributed by atoms with Crippen molar-refractivity contribution in [2.75, 3.05) is 29.4 Å². The minimum atomic E-state index is -0.853. The lowest BCUT2D eigenvalue weighted by Gasteiger charge is -2.25. The molecule has 1 N–H and O–H groups in total. The summed E-state index contributed by atoms with van der Waals surface area (Å²) >= 11 is 12.2.